The first-order chi connectivity index (χ1) is 26.1. The third-order valence-corrected chi connectivity index (χ3v) is 15.0. The number of Topliss-reactive ketones (excluding diaryl/α,β-unsaturated/α-hetero) is 1. The second kappa shape index (κ2) is 17.0. The van der Waals surface area contributed by atoms with Gasteiger partial charge < -0.3 is 38.6 Å². The van der Waals surface area contributed by atoms with Gasteiger partial charge in [-0.3, -0.25) is 14.4 Å². The Hall–Kier alpha value is -1.89. The summed E-state index contributed by atoms with van der Waals surface area (Å²) in [5.41, 5.74) is -2.40. The molecule has 5 heterocycles. The lowest BCUT2D eigenvalue weighted by molar-refractivity contribution is -0.409. The summed E-state index contributed by atoms with van der Waals surface area (Å²) in [6.07, 6.45) is 8.58. The van der Waals surface area contributed by atoms with Gasteiger partial charge in [-0.05, 0) is 115 Å². The molecular formula is C45H74O11. The van der Waals surface area contributed by atoms with Crippen molar-refractivity contribution in [2.24, 2.45) is 41.4 Å². The van der Waals surface area contributed by atoms with E-state index in [0.29, 0.717) is 57.8 Å². The first-order valence-corrected chi connectivity index (χ1v) is 21.9. The fraction of sp³-hybridized carbons (Fsp3) is 0.889. The fourth-order valence-electron chi connectivity index (χ4n) is 11.2. The molecule has 0 saturated carbocycles. The Morgan fingerprint density at radius 1 is 0.893 bits per heavy atom. The Kier molecular flexibility index (Phi) is 13.7. The van der Waals surface area contributed by atoms with Crippen molar-refractivity contribution in [2.45, 2.75) is 213 Å². The molecule has 17 atom stereocenters. The Balaban J connectivity index is 1.35. The molecule has 0 aromatic rings. The minimum Gasteiger partial charge on any atom is -0.481 e. The first-order valence-electron chi connectivity index (χ1n) is 21.9. The monoisotopic (exact) mass is 791 g/mol. The number of ether oxygens (including phenoxy) is 6. The summed E-state index contributed by atoms with van der Waals surface area (Å²) >= 11 is 0. The predicted molar refractivity (Wildman–Crippen MR) is 211 cm³/mol. The molecule has 11 nitrogen and oxygen atoms in total. The Morgan fingerprint density at radius 3 is 2.18 bits per heavy atom. The number of carboxylic acids is 1. The van der Waals surface area contributed by atoms with Crippen LogP contribution in [0.3, 0.4) is 0 Å². The van der Waals surface area contributed by atoms with E-state index in [1.807, 2.05) is 60.6 Å². The number of carbonyl (C=O) groups excluding carboxylic acids is 2. The van der Waals surface area contributed by atoms with E-state index in [-0.39, 0.29) is 59.6 Å². The number of aliphatic carboxylic acids is 1. The molecule has 0 radical (unpaired) electrons. The van der Waals surface area contributed by atoms with Crippen molar-refractivity contribution in [1.82, 2.24) is 0 Å². The van der Waals surface area contributed by atoms with Crippen LogP contribution < -0.4 is 0 Å². The highest BCUT2D eigenvalue weighted by Crippen LogP contribution is 2.54. The Labute approximate surface area is 336 Å². The van der Waals surface area contributed by atoms with Crippen LogP contribution in [0.1, 0.15) is 154 Å². The highest BCUT2D eigenvalue weighted by atomic mass is 16.8. The average molecular weight is 791 g/mol. The molecule has 0 aromatic heterocycles. The number of carbonyl (C=O) groups is 3. The molecule has 4 fully saturated rings. The summed E-state index contributed by atoms with van der Waals surface area (Å²) in [7, 11) is 0. The number of ketones is 1. The average Bonchev–Trinajstić information content (AvgIpc) is 3.47. The zero-order valence-electron chi connectivity index (χ0n) is 36.4. The number of rotatable bonds is 13. The van der Waals surface area contributed by atoms with Gasteiger partial charge in [0.2, 0.25) is 5.79 Å². The van der Waals surface area contributed by atoms with Crippen LogP contribution in [0.5, 0.6) is 0 Å². The van der Waals surface area contributed by atoms with Crippen LogP contribution >= 0.6 is 0 Å². The largest absolute Gasteiger partial charge is 0.481 e. The quantitative estimate of drug-likeness (QED) is 0.138. The summed E-state index contributed by atoms with van der Waals surface area (Å²) in [6.45, 7) is 23.7. The van der Waals surface area contributed by atoms with Gasteiger partial charge in [-0.1, -0.05) is 55.4 Å². The van der Waals surface area contributed by atoms with Crippen molar-refractivity contribution in [1.29, 1.82) is 0 Å². The molecule has 320 valence electrons. The zero-order valence-corrected chi connectivity index (χ0v) is 36.4. The van der Waals surface area contributed by atoms with Gasteiger partial charge in [-0.15, -0.1) is 0 Å². The van der Waals surface area contributed by atoms with E-state index in [4.69, 9.17) is 28.4 Å². The van der Waals surface area contributed by atoms with Crippen molar-refractivity contribution in [3.05, 3.63) is 12.2 Å². The molecular weight excluding hydrogens is 716 g/mol. The summed E-state index contributed by atoms with van der Waals surface area (Å²) in [6, 6.07) is 0. The Morgan fingerprint density at radius 2 is 1.59 bits per heavy atom. The van der Waals surface area contributed by atoms with Crippen molar-refractivity contribution >= 4 is 17.7 Å². The van der Waals surface area contributed by atoms with E-state index in [0.717, 1.165) is 12.8 Å². The molecule has 4 saturated heterocycles. The van der Waals surface area contributed by atoms with Crippen molar-refractivity contribution in [3.63, 3.8) is 0 Å². The van der Waals surface area contributed by atoms with Crippen molar-refractivity contribution < 1.29 is 53.0 Å². The third kappa shape index (κ3) is 8.56. The topological polar surface area (TPSA) is 147 Å². The fourth-order valence-corrected chi connectivity index (χ4v) is 11.2. The van der Waals surface area contributed by atoms with Gasteiger partial charge in [0.05, 0.1) is 47.1 Å². The highest BCUT2D eigenvalue weighted by Gasteiger charge is 2.64. The molecule has 0 bridgehead atoms. The molecule has 11 heteroatoms. The van der Waals surface area contributed by atoms with Gasteiger partial charge in [-0.2, -0.15) is 0 Å². The SMILES string of the molecule is CC[C@@H](C(=O)[C@@H](C)C[C@H](C)[C@@H]1O[C@@](C)([C@@H](CC)C(=O)O)CC[C@@H]1C)[C@H]1O[C@]2(C=C[C@@H](OC(C)=O)[C@]3(CC[C@@](C)([C@H]4CC[C@](O)(CC)[C@H](C)O4)O3)O2)[C@H](C)C[C@@H]1C. The molecule has 0 unspecified atom stereocenters. The summed E-state index contributed by atoms with van der Waals surface area (Å²) in [5.74, 6) is -4.63. The predicted octanol–water partition coefficient (Wildman–Crippen LogP) is 8.18. The molecule has 5 aliphatic heterocycles. The maximum atomic E-state index is 14.5. The minimum absolute atomic E-state index is 0.0480. The molecule has 2 spiro atoms. The van der Waals surface area contributed by atoms with Gasteiger partial charge in [0.15, 0.2) is 11.9 Å². The lowest BCUT2D eigenvalue weighted by Gasteiger charge is -2.54. The lowest BCUT2D eigenvalue weighted by atomic mass is 9.72. The number of aliphatic hydroxyl groups is 1. The second-order valence-corrected chi connectivity index (χ2v) is 19.1. The van der Waals surface area contributed by atoms with Gasteiger partial charge in [0, 0.05) is 31.1 Å². The summed E-state index contributed by atoms with van der Waals surface area (Å²) in [4.78, 5) is 39.1. The number of esters is 1. The van der Waals surface area contributed by atoms with Gasteiger partial charge in [0.25, 0.3) is 0 Å². The highest BCUT2D eigenvalue weighted by molar-refractivity contribution is 5.83. The smallest absolute Gasteiger partial charge is 0.309 e. The summed E-state index contributed by atoms with van der Waals surface area (Å²) in [5, 5.41) is 21.1. The van der Waals surface area contributed by atoms with Gasteiger partial charge in [-0.25, -0.2) is 0 Å². The maximum absolute atomic E-state index is 14.5. The molecule has 2 N–H and O–H groups in total. The van der Waals surface area contributed by atoms with Crippen LogP contribution in [-0.2, 0) is 42.8 Å². The first kappa shape index (κ1) is 45.2. The van der Waals surface area contributed by atoms with Crippen LogP contribution in [0.2, 0.25) is 0 Å². The van der Waals surface area contributed by atoms with Gasteiger partial charge in [0.1, 0.15) is 5.78 Å². The van der Waals surface area contributed by atoms with Crippen LogP contribution in [0.15, 0.2) is 12.2 Å². The van der Waals surface area contributed by atoms with E-state index in [2.05, 4.69) is 27.7 Å². The van der Waals surface area contributed by atoms with Crippen molar-refractivity contribution in [3.8, 4) is 0 Å². The summed E-state index contributed by atoms with van der Waals surface area (Å²) < 4.78 is 40.3. The number of hydrogen-bond acceptors (Lipinski definition) is 10. The number of carboxylic acid groups (broad SMARTS) is 1. The molecule has 0 aliphatic carbocycles. The zero-order chi connectivity index (χ0) is 41.6. The van der Waals surface area contributed by atoms with E-state index in [9.17, 15) is 24.6 Å². The molecule has 0 amide bonds. The van der Waals surface area contributed by atoms with Gasteiger partial charge >= 0.3 is 11.9 Å². The van der Waals surface area contributed by atoms with Crippen LogP contribution in [0.25, 0.3) is 0 Å². The molecule has 56 heavy (non-hydrogen) atoms. The molecule has 5 rings (SSSR count). The number of hydrogen-bond donors (Lipinski definition) is 2. The standard InChI is InChI=1S/C45H74O11/c1-13-33(37(47)27(5)24-28(6)38-26(4)16-19-41(11,53-38)34(14-2)40(48)49)39-29(7)25-30(8)44(54-39)21-18-36(52-32(10)46)45(56-44)23-22-42(12,55-45)35-17-20-43(50,15-3)31(9)51-35/h18,21,26-31,33-36,38-39,50H,13-17,19-20,22-25H2,1-12H3,(H,48,49)/t26-,27-,28-,29-,30+,31-,33-,34-,35+,36+,38+,39-,41+,42-,43+,44-,45-/m0/s1. The van der Waals surface area contributed by atoms with E-state index < -0.39 is 58.4 Å². The van der Waals surface area contributed by atoms with E-state index in [1.54, 1.807) is 0 Å². The maximum Gasteiger partial charge on any atom is 0.309 e. The minimum atomic E-state index is -1.34. The van der Waals surface area contributed by atoms with Crippen LogP contribution in [-0.4, -0.2) is 86.8 Å². The lowest BCUT2D eigenvalue weighted by Crippen LogP contribution is -2.63. The Bertz CT molecular complexity index is 1450. The van der Waals surface area contributed by atoms with Crippen LogP contribution in [0.4, 0.5) is 0 Å². The molecule has 0 aromatic carbocycles. The third-order valence-electron chi connectivity index (χ3n) is 15.0. The molecule has 5 aliphatic rings. The van der Waals surface area contributed by atoms with E-state index in [1.165, 1.54) is 6.92 Å². The van der Waals surface area contributed by atoms with Crippen LogP contribution in [0, 0.1) is 41.4 Å². The van der Waals surface area contributed by atoms with Crippen molar-refractivity contribution in [2.75, 3.05) is 0 Å². The van der Waals surface area contributed by atoms with E-state index >= 15 is 0 Å². The second-order valence-electron chi connectivity index (χ2n) is 19.1. The normalized spacial score (nSPS) is 44.9.